The molecule has 0 radical (unpaired) electrons. The normalized spacial score (nSPS) is 10.5. The molecular formula is C7H2Br2FN5O2. The first-order valence-corrected chi connectivity index (χ1v) is 5.66. The Labute approximate surface area is 110 Å². The van der Waals surface area contributed by atoms with Crippen molar-refractivity contribution in [3.8, 4) is 5.82 Å². The monoisotopic (exact) mass is 365 g/mol. The lowest BCUT2D eigenvalue weighted by atomic mass is 10.4. The van der Waals surface area contributed by atoms with Gasteiger partial charge in [-0.15, -0.1) is 4.68 Å². The molecule has 0 spiro atoms. The Kier molecular flexibility index (Phi) is 3.15. The molecule has 7 nitrogen and oxygen atoms in total. The van der Waals surface area contributed by atoms with Crippen molar-refractivity contribution in [2.24, 2.45) is 0 Å². The molecule has 0 fully saturated rings. The van der Waals surface area contributed by atoms with Gasteiger partial charge in [-0.2, -0.15) is 0 Å². The number of pyridine rings is 1. The SMILES string of the molecule is O=[N+]([O-])c1nc(Br)n(-c2ncc(Br)cc2F)n1. The number of aromatic nitrogens is 4. The van der Waals surface area contributed by atoms with E-state index in [4.69, 9.17) is 0 Å². The van der Waals surface area contributed by atoms with Crippen LogP contribution in [0.4, 0.5) is 10.3 Å². The molecule has 0 aliphatic carbocycles. The molecule has 2 aromatic heterocycles. The van der Waals surface area contributed by atoms with Gasteiger partial charge in [-0.05, 0) is 31.9 Å². The fourth-order valence-corrected chi connectivity index (χ4v) is 1.77. The van der Waals surface area contributed by atoms with Gasteiger partial charge < -0.3 is 10.1 Å². The molecule has 2 rings (SSSR count). The topological polar surface area (TPSA) is 86.7 Å². The van der Waals surface area contributed by atoms with E-state index >= 15 is 0 Å². The van der Waals surface area contributed by atoms with Crippen LogP contribution in [0.2, 0.25) is 0 Å². The summed E-state index contributed by atoms with van der Waals surface area (Å²) in [5, 5.41) is 14.0. The lowest BCUT2D eigenvalue weighted by Crippen LogP contribution is -2.03. The molecule has 0 unspecified atom stereocenters. The van der Waals surface area contributed by atoms with Gasteiger partial charge in [0.25, 0.3) is 4.73 Å². The third kappa shape index (κ3) is 2.31. The molecule has 88 valence electrons. The second-order valence-corrected chi connectivity index (χ2v) is 4.43. The molecule has 0 aromatic carbocycles. The van der Waals surface area contributed by atoms with Crippen molar-refractivity contribution >= 4 is 37.8 Å². The molecule has 17 heavy (non-hydrogen) atoms. The van der Waals surface area contributed by atoms with Crippen LogP contribution in [0.15, 0.2) is 21.5 Å². The summed E-state index contributed by atoms with van der Waals surface area (Å²) in [6, 6.07) is 1.17. The van der Waals surface area contributed by atoms with Gasteiger partial charge in [0.15, 0.2) is 5.82 Å². The van der Waals surface area contributed by atoms with E-state index in [-0.39, 0.29) is 10.6 Å². The largest absolute Gasteiger partial charge is 0.492 e. The van der Waals surface area contributed by atoms with E-state index in [1.807, 2.05) is 0 Å². The minimum Gasteiger partial charge on any atom is -0.390 e. The average molecular weight is 367 g/mol. The van der Waals surface area contributed by atoms with Gasteiger partial charge in [0.2, 0.25) is 5.82 Å². The quantitative estimate of drug-likeness (QED) is 0.600. The number of nitrogens with zero attached hydrogens (tertiary/aromatic N) is 5. The zero-order chi connectivity index (χ0) is 12.6. The Bertz CT molecular complexity index is 602. The molecule has 2 aromatic rings. The number of hydrogen-bond acceptors (Lipinski definition) is 5. The average Bonchev–Trinajstić information content (AvgIpc) is 2.61. The minimum absolute atomic E-state index is 0.00192. The van der Waals surface area contributed by atoms with Gasteiger partial charge in [0.1, 0.15) is 0 Å². The predicted octanol–water partition coefficient (Wildman–Crippen LogP) is 2.23. The van der Waals surface area contributed by atoms with Crippen molar-refractivity contribution in [3.63, 3.8) is 0 Å². The van der Waals surface area contributed by atoms with Crippen molar-refractivity contribution in [3.05, 3.63) is 37.4 Å². The summed E-state index contributed by atoms with van der Waals surface area (Å²) in [6.07, 6.45) is 1.35. The molecule has 0 atom stereocenters. The van der Waals surface area contributed by atoms with Crippen molar-refractivity contribution in [1.82, 2.24) is 19.7 Å². The van der Waals surface area contributed by atoms with Gasteiger partial charge in [-0.1, -0.05) is 0 Å². The standard InChI is InChI=1S/C7H2Br2FN5O2/c8-3-1-4(10)5(11-2-3)14-6(9)12-7(13-14)15(16)17/h1-2H. The zero-order valence-electron chi connectivity index (χ0n) is 7.84. The molecule has 0 saturated heterocycles. The zero-order valence-corrected chi connectivity index (χ0v) is 11.0. The lowest BCUT2D eigenvalue weighted by Gasteiger charge is -1.98. The van der Waals surface area contributed by atoms with Crippen molar-refractivity contribution < 1.29 is 9.31 Å². The van der Waals surface area contributed by atoms with Crippen LogP contribution in [0.5, 0.6) is 0 Å². The van der Waals surface area contributed by atoms with Crippen molar-refractivity contribution in [2.75, 3.05) is 0 Å². The second-order valence-electron chi connectivity index (χ2n) is 2.81. The summed E-state index contributed by atoms with van der Waals surface area (Å²) >= 11 is 5.99. The van der Waals surface area contributed by atoms with Gasteiger partial charge in [0, 0.05) is 31.7 Å². The molecular weight excluding hydrogens is 365 g/mol. The van der Waals surface area contributed by atoms with E-state index in [2.05, 4.69) is 46.9 Å². The summed E-state index contributed by atoms with van der Waals surface area (Å²) in [6.45, 7) is 0. The Hall–Kier alpha value is -1.42. The first-order valence-electron chi connectivity index (χ1n) is 4.07. The molecule has 10 heteroatoms. The molecule has 0 amide bonds. The number of nitro groups is 1. The van der Waals surface area contributed by atoms with E-state index in [0.717, 1.165) is 4.68 Å². The fourth-order valence-electron chi connectivity index (χ4n) is 1.06. The van der Waals surface area contributed by atoms with Crippen LogP contribution in [-0.2, 0) is 0 Å². The minimum atomic E-state index is -0.780. The van der Waals surface area contributed by atoms with Crippen LogP contribution in [0.3, 0.4) is 0 Å². The Balaban J connectivity index is 2.56. The Morgan fingerprint density at radius 3 is 2.71 bits per heavy atom. The van der Waals surface area contributed by atoms with E-state index in [0.29, 0.717) is 4.47 Å². The van der Waals surface area contributed by atoms with Crippen LogP contribution in [0.25, 0.3) is 5.82 Å². The van der Waals surface area contributed by atoms with Crippen molar-refractivity contribution in [2.45, 2.75) is 0 Å². The van der Waals surface area contributed by atoms with Crippen LogP contribution in [0, 0.1) is 15.9 Å². The maximum atomic E-state index is 13.6. The highest BCUT2D eigenvalue weighted by atomic mass is 79.9. The first-order chi connectivity index (χ1) is 7.99. The molecule has 0 bridgehead atoms. The maximum absolute atomic E-state index is 13.6. The third-order valence-corrected chi connectivity index (χ3v) is 2.66. The van der Waals surface area contributed by atoms with Gasteiger partial charge >= 0.3 is 5.95 Å². The Morgan fingerprint density at radius 1 is 1.47 bits per heavy atom. The van der Waals surface area contributed by atoms with E-state index < -0.39 is 16.7 Å². The first kappa shape index (κ1) is 12.0. The number of hydrogen-bond donors (Lipinski definition) is 0. The summed E-state index contributed by atoms with van der Waals surface area (Å²) < 4.78 is 14.9. The van der Waals surface area contributed by atoms with E-state index in [9.17, 15) is 14.5 Å². The Morgan fingerprint density at radius 2 is 2.18 bits per heavy atom. The highest BCUT2D eigenvalue weighted by Gasteiger charge is 2.23. The van der Waals surface area contributed by atoms with Gasteiger partial charge in [0.05, 0.1) is 0 Å². The molecule has 0 N–H and O–H groups in total. The summed E-state index contributed by atoms with van der Waals surface area (Å²) in [7, 11) is 0. The fraction of sp³-hybridized carbons (Fsp3) is 0. The maximum Gasteiger partial charge on any atom is 0.492 e. The third-order valence-electron chi connectivity index (χ3n) is 1.71. The van der Waals surface area contributed by atoms with Crippen LogP contribution in [0.1, 0.15) is 0 Å². The molecule has 0 aliphatic rings. The van der Waals surface area contributed by atoms with Crippen LogP contribution >= 0.6 is 31.9 Å². The summed E-state index contributed by atoms with van der Waals surface area (Å²) in [5.41, 5.74) is 0. The smallest absolute Gasteiger partial charge is 0.390 e. The summed E-state index contributed by atoms with van der Waals surface area (Å²) in [5.74, 6) is -1.50. The van der Waals surface area contributed by atoms with Gasteiger partial charge in [-0.3, -0.25) is 0 Å². The van der Waals surface area contributed by atoms with Gasteiger partial charge in [-0.25, -0.2) is 9.37 Å². The highest BCUT2D eigenvalue weighted by Crippen LogP contribution is 2.20. The molecule has 2 heterocycles. The van der Waals surface area contributed by atoms with E-state index in [1.54, 1.807) is 0 Å². The number of halogens is 3. The lowest BCUT2D eigenvalue weighted by molar-refractivity contribution is -0.394. The van der Waals surface area contributed by atoms with Crippen molar-refractivity contribution in [1.29, 1.82) is 0 Å². The summed E-state index contributed by atoms with van der Waals surface area (Å²) in [4.78, 5) is 17.0. The second kappa shape index (κ2) is 4.45. The molecule has 0 aliphatic heterocycles. The molecule has 0 saturated carbocycles. The van der Waals surface area contributed by atoms with Crippen LogP contribution < -0.4 is 0 Å². The number of rotatable bonds is 2. The predicted molar refractivity (Wildman–Crippen MR) is 61.2 cm³/mol. The van der Waals surface area contributed by atoms with Crippen LogP contribution in [-0.4, -0.2) is 24.7 Å². The highest BCUT2D eigenvalue weighted by molar-refractivity contribution is 9.10. The van der Waals surface area contributed by atoms with E-state index in [1.165, 1.54) is 12.3 Å².